The van der Waals surface area contributed by atoms with Crippen molar-refractivity contribution in [3.8, 4) is 0 Å². The van der Waals surface area contributed by atoms with Crippen molar-refractivity contribution in [2.45, 2.75) is 0 Å². The number of nitrogen functional groups attached to an aromatic ring is 1. The molecule has 0 aliphatic rings. The molecule has 0 unspecified atom stereocenters. The molecule has 0 saturated carbocycles. The van der Waals surface area contributed by atoms with Gasteiger partial charge in [0.15, 0.2) is 0 Å². The first-order chi connectivity index (χ1) is 7.33. The van der Waals surface area contributed by atoms with Crippen molar-refractivity contribution in [3.63, 3.8) is 0 Å². The largest absolute Gasteiger partial charge is 0.382 e. The van der Waals surface area contributed by atoms with Crippen molar-refractivity contribution >= 4 is 11.6 Å². The molecule has 1 heterocycles. The molecule has 1 rings (SSSR count). The van der Waals surface area contributed by atoms with Gasteiger partial charge in [-0.3, -0.25) is 0 Å². The van der Waals surface area contributed by atoms with Crippen LogP contribution in [0.3, 0.4) is 0 Å². The second-order valence-corrected chi connectivity index (χ2v) is 2.88. The lowest BCUT2D eigenvalue weighted by Crippen LogP contribution is -2.13. The summed E-state index contributed by atoms with van der Waals surface area (Å²) in [7, 11) is 1.64. The molecule has 0 saturated heterocycles. The molecule has 0 amide bonds. The Kier molecular flexibility index (Phi) is 5.42. The molecule has 3 N–H and O–H groups in total. The zero-order valence-corrected chi connectivity index (χ0v) is 8.77. The third-order valence-electron chi connectivity index (χ3n) is 1.67. The topological polar surface area (TPSA) is 82.3 Å². The van der Waals surface area contributed by atoms with E-state index in [1.807, 2.05) is 0 Å². The van der Waals surface area contributed by atoms with Gasteiger partial charge in [0.05, 0.1) is 19.8 Å². The van der Waals surface area contributed by atoms with Crippen molar-refractivity contribution in [3.05, 3.63) is 12.1 Å². The van der Waals surface area contributed by atoms with E-state index in [1.54, 1.807) is 19.2 Å². The van der Waals surface area contributed by atoms with Crippen LogP contribution in [0.2, 0.25) is 0 Å². The van der Waals surface area contributed by atoms with Gasteiger partial charge in [0.2, 0.25) is 0 Å². The average Bonchev–Trinajstić information content (AvgIpc) is 2.26. The number of hydrogen-bond donors (Lipinski definition) is 2. The molecule has 0 radical (unpaired) electrons. The Hall–Kier alpha value is -1.40. The van der Waals surface area contributed by atoms with Crippen LogP contribution in [-0.4, -0.2) is 43.7 Å². The summed E-state index contributed by atoms with van der Waals surface area (Å²) in [5.41, 5.74) is 5.40. The minimum Gasteiger partial charge on any atom is -0.382 e. The van der Waals surface area contributed by atoms with Crippen molar-refractivity contribution in [2.24, 2.45) is 0 Å². The summed E-state index contributed by atoms with van der Waals surface area (Å²) in [6.45, 7) is 2.50. The van der Waals surface area contributed by atoms with Crippen LogP contribution >= 0.6 is 0 Å². The summed E-state index contributed by atoms with van der Waals surface area (Å²) in [4.78, 5) is 0. The Bertz CT molecular complexity index is 265. The fourth-order valence-corrected chi connectivity index (χ4v) is 0.932. The summed E-state index contributed by atoms with van der Waals surface area (Å²) in [5, 5.41) is 10.6. The van der Waals surface area contributed by atoms with Gasteiger partial charge in [-0.15, -0.1) is 10.2 Å². The van der Waals surface area contributed by atoms with E-state index in [1.165, 1.54) is 0 Å². The number of ether oxygens (including phenoxy) is 2. The fourth-order valence-electron chi connectivity index (χ4n) is 0.932. The molecular weight excluding hydrogens is 196 g/mol. The first-order valence-electron chi connectivity index (χ1n) is 4.72. The first-order valence-corrected chi connectivity index (χ1v) is 4.72. The standard InChI is InChI=1S/C9H16N4O2/c1-14-6-7-15-5-4-11-9-3-2-8(10)12-13-9/h2-3H,4-7H2,1H3,(H2,10,12)(H,11,13). The van der Waals surface area contributed by atoms with Crippen LogP contribution in [0.4, 0.5) is 11.6 Å². The van der Waals surface area contributed by atoms with Gasteiger partial charge in [-0.1, -0.05) is 0 Å². The quantitative estimate of drug-likeness (QED) is 0.625. The Morgan fingerprint density at radius 1 is 1.27 bits per heavy atom. The molecule has 15 heavy (non-hydrogen) atoms. The third kappa shape index (κ3) is 5.14. The number of aromatic nitrogens is 2. The number of hydrogen-bond acceptors (Lipinski definition) is 6. The summed E-state index contributed by atoms with van der Waals surface area (Å²) < 4.78 is 10.1. The minimum absolute atomic E-state index is 0.414. The second-order valence-electron chi connectivity index (χ2n) is 2.88. The zero-order valence-electron chi connectivity index (χ0n) is 8.77. The molecular formula is C9H16N4O2. The van der Waals surface area contributed by atoms with E-state index in [4.69, 9.17) is 15.2 Å². The Morgan fingerprint density at radius 3 is 2.80 bits per heavy atom. The monoisotopic (exact) mass is 212 g/mol. The lowest BCUT2D eigenvalue weighted by molar-refractivity contribution is 0.0759. The predicted octanol–water partition coefficient (Wildman–Crippen LogP) is 0.134. The van der Waals surface area contributed by atoms with Crippen molar-refractivity contribution in [1.29, 1.82) is 0 Å². The van der Waals surface area contributed by atoms with Gasteiger partial charge in [-0.05, 0) is 12.1 Å². The molecule has 1 aromatic heterocycles. The lowest BCUT2D eigenvalue weighted by Gasteiger charge is -2.05. The predicted molar refractivity (Wildman–Crippen MR) is 57.6 cm³/mol. The highest BCUT2D eigenvalue weighted by Crippen LogP contribution is 2.01. The van der Waals surface area contributed by atoms with Gasteiger partial charge in [-0.25, -0.2) is 0 Å². The molecule has 0 atom stereocenters. The Morgan fingerprint density at radius 2 is 2.13 bits per heavy atom. The maximum absolute atomic E-state index is 5.40. The van der Waals surface area contributed by atoms with E-state index in [9.17, 15) is 0 Å². The zero-order chi connectivity index (χ0) is 10.9. The fraction of sp³-hybridized carbons (Fsp3) is 0.556. The summed E-state index contributed by atoms with van der Waals surface area (Å²) in [6.07, 6.45) is 0. The Labute approximate surface area is 88.8 Å². The third-order valence-corrected chi connectivity index (χ3v) is 1.67. The molecule has 0 aliphatic heterocycles. The van der Waals surface area contributed by atoms with Gasteiger partial charge in [0.25, 0.3) is 0 Å². The van der Waals surface area contributed by atoms with Crippen LogP contribution in [0.15, 0.2) is 12.1 Å². The van der Waals surface area contributed by atoms with E-state index in [0.717, 1.165) is 0 Å². The second kappa shape index (κ2) is 6.97. The molecule has 0 fully saturated rings. The SMILES string of the molecule is COCCOCCNc1ccc(N)nn1. The van der Waals surface area contributed by atoms with Crippen LogP contribution in [0, 0.1) is 0 Å². The molecule has 6 heteroatoms. The number of anilines is 2. The molecule has 84 valence electrons. The average molecular weight is 212 g/mol. The van der Waals surface area contributed by atoms with E-state index in [2.05, 4.69) is 15.5 Å². The lowest BCUT2D eigenvalue weighted by atomic mass is 10.5. The number of nitrogens with two attached hydrogens (primary N) is 1. The van der Waals surface area contributed by atoms with Crippen LogP contribution < -0.4 is 11.1 Å². The van der Waals surface area contributed by atoms with Crippen molar-refractivity contribution in [2.75, 3.05) is 44.5 Å². The summed E-state index contributed by atoms with van der Waals surface area (Å²) in [5.74, 6) is 1.11. The van der Waals surface area contributed by atoms with Crippen molar-refractivity contribution < 1.29 is 9.47 Å². The highest BCUT2D eigenvalue weighted by atomic mass is 16.5. The summed E-state index contributed by atoms with van der Waals surface area (Å²) >= 11 is 0. The molecule has 0 aromatic carbocycles. The van der Waals surface area contributed by atoms with Crippen LogP contribution in [0.25, 0.3) is 0 Å². The smallest absolute Gasteiger partial charge is 0.148 e. The van der Waals surface area contributed by atoms with E-state index in [-0.39, 0.29) is 0 Å². The highest BCUT2D eigenvalue weighted by molar-refractivity contribution is 5.38. The van der Waals surface area contributed by atoms with Gasteiger partial charge in [0.1, 0.15) is 11.6 Å². The normalized spacial score (nSPS) is 10.2. The van der Waals surface area contributed by atoms with Crippen molar-refractivity contribution in [1.82, 2.24) is 10.2 Å². The summed E-state index contributed by atoms with van der Waals surface area (Å²) in [6, 6.07) is 3.47. The van der Waals surface area contributed by atoms with E-state index in [0.29, 0.717) is 38.0 Å². The molecule has 0 spiro atoms. The first kappa shape index (κ1) is 11.7. The molecule has 1 aromatic rings. The van der Waals surface area contributed by atoms with Gasteiger partial charge in [0, 0.05) is 13.7 Å². The molecule has 0 bridgehead atoms. The van der Waals surface area contributed by atoms with Gasteiger partial charge < -0.3 is 20.5 Å². The van der Waals surface area contributed by atoms with Crippen LogP contribution in [-0.2, 0) is 9.47 Å². The van der Waals surface area contributed by atoms with Gasteiger partial charge >= 0.3 is 0 Å². The molecule has 0 aliphatic carbocycles. The van der Waals surface area contributed by atoms with Gasteiger partial charge in [-0.2, -0.15) is 0 Å². The number of nitrogens with one attached hydrogen (secondary N) is 1. The van der Waals surface area contributed by atoms with Crippen LogP contribution in [0.5, 0.6) is 0 Å². The number of methoxy groups -OCH3 is 1. The minimum atomic E-state index is 0.414. The van der Waals surface area contributed by atoms with Crippen LogP contribution in [0.1, 0.15) is 0 Å². The van der Waals surface area contributed by atoms with E-state index >= 15 is 0 Å². The number of rotatable bonds is 7. The highest BCUT2D eigenvalue weighted by Gasteiger charge is 1.93. The van der Waals surface area contributed by atoms with E-state index < -0.39 is 0 Å². The number of nitrogens with zero attached hydrogens (tertiary/aromatic N) is 2. The maximum atomic E-state index is 5.40. The Balaban J connectivity index is 2.07. The maximum Gasteiger partial charge on any atom is 0.148 e. The molecule has 6 nitrogen and oxygen atoms in total.